The molecule has 19 heavy (non-hydrogen) atoms. The summed E-state index contributed by atoms with van der Waals surface area (Å²) in [4.78, 5) is 0. The summed E-state index contributed by atoms with van der Waals surface area (Å²) in [5.74, 6) is 0.944. The molecule has 0 amide bonds. The van der Waals surface area contributed by atoms with Crippen LogP contribution in [-0.2, 0) is 5.41 Å². The molecule has 1 aromatic carbocycles. The normalized spacial score (nSPS) is 19.8. The molecule has 1 saturated carbocycles. The van der Waals surface area contributed by atoms with E-state index in [1.54, 1.807) is 7.11 Å². The number of ether oxygens (including phenoxy) is 1. The van der Waals surface area contributed by atoms with E-state index in [2.05, 4.69) is 50.5 Å². The second kappa shape index (κ2) is 5.54. The summed E-state index contributed by atoms with van der Waals surface area (Å²) < 4.78 is 5.26. The molecule has 1 aliphatic carbocycles. The first-order valence-electron chi connectivity index (χ1n) is 7.43. The number of rotatable bonds is 6. The van der Waals surface area contributed by atoms with Crippen molar-refractivity contribution in [3.8, 4) is 5.75 Å². The van der Waals surface area contributed by atoms with Crippen LogP contribution in [0.15, 0.2) is 24.3 Å². The second-order valence-corrected chi connectivity index (χ2v) is 6.10. The average molecular weight is 261 g/mol. The molecule has 1 fully saturated rings. The van der Waals surface area contributed by atoms with Gasteiger partial charge in [-0.3, -0.25) is 0 Å². The molecule has 0 heterocycles. The molecule has 1 aromatic rings. The molecule has 0 atom stereocenters. The van der Waals surface area contributed by atoms with E-state index in [1.165, 1.54) is 31.2 Å². The molecule has 106 valence electrons. The lowest BCUT2D eigenvalue weighted by molar-refractivity contribution is 0.0140. The van der Waals surface area contributed by atoms with Crippen LogP contribution in [0.5, 0.6) is 5.75 Å². The number of methoxy groups -OCH3 is 1. The Balaban J connectivity index is 2.21. The van der Waals surface area contributed by atoms with Crippen molar-refractivity contribution >= 4 is 0 Å². The van der Waals surface area contributed by atoms with Gasteiger partial charge in [0.05, 0.1) is 7.11 Å². The van der Waals surface area contributed by atoms with Crippen LogP contribution in [0.3, 0.4) is 0 Å². The Kier molecular flexibility index (Phi) is 4.19. The highest BCUT2D eigenvalue weighted by molar-refractivity contribution is 5.36. The fourth-order valence-electron chi connectivity index (χ4n) is 3.85. The van der Waals surface area contributed by atoms with E-state index in [9.17, 15) is 0 Å². The molecule has 0 unspecified atom stereocenters. The minimum Gasteiger partial charge on any atom is -0.497 e. The third-order valence-electron chi connectivity index (χ3n) is 5.14. The molecule has 0 saturated heterocycles. The van der Waals surface area contributed by atoms with Crippen LogP contribution in [0.25, 0.3) is 0 Å². The summed E-state index contributed by atoms with van der Waals surface area (Å²) in [5.41, 5.74) is 2.35. The predicted octanol–water partition coefficient (Wildman–Crippen LogP) is 3.75. The van der Waals surface area contributed by atoms with E-state index in [0.29, 0.717) is 10.8 Å². The monoisotopic (exact) mass is 261 g/mol. The van der Waals surface area contributed by atoms with Gasteiger partial charge in [-0.15, -0.1) is 0 Å². The van der Waals surface area contributed by atoms with Gasteiger partial charge in [0.1, 0.15) is 5.75 Å². The van der Waals surface area contributed by atoms with Crippen LogP contribution in [0.4, 0.5) is 0 Å². The maximum absolute atomic E-state index is 5.26. The number of nitrogens with one attached hydrogen (secondary N) is 1. The van der Waals surface area contributed by atoms with E-state index in [0.717, 1.165) is 12.3 Å². The van der Waals surface area contributed by atoms with Crippen molar-refractivity contribution in [1.29, 1.82) is 0 Å². The zero-order valence-electron chi connectivity index (χ0n) is 12.8. The van der Waals surface area contributed by atoms with Gasteiger partial charge in [-0.25, -0.2) is 0 Å². The van der Waals surface area contributed by atoms with Gasteiger partial charge in [0.15, 0.2) is 0 Å². The fourth-order valence-corrected chi connectivity index (χ4v) is 3.85. The highest BCUT2D eigenvalue weighted by Gasteiger charge is 2.52. The summed E-state index contributed by atoms with van der Waals surface area (Å²) in [6.45, 7) is 5.74. The van der Waals surface area contributed by atoms with Crippen LogP contribution in [-0.4, -0.2) is 20.7 Å². The Morgan fingerprint density at radius 3 is 2.11 bits per heavy atom. The Bertz CT molecular complexity index is 398. The topological polar surface area (TPSA) is 21.3 Å². The van der Waals surface area contributed by atoms with Crippen molar-refractivity contribution < 1.29 is 4.74 Å². The summed E-state index contributed by atoms with van der Waals surface area (Å²) >= 11 is 0. The SMILES string of the molecule is CCC1(CC)CC(CNC)(c2ccc(OC)cc2)C1. The van der Waals surface area contributed by atoms with Gasteiger partial charge in [0, 0.05) is 12.0 Å². The molecule has 1 N–H and O–H groups in total. The Hall–Kier alpha value is -1.02. The lowest BCUT2D eigenvalue weighted by Gasteiger charge is -2.57. The molecule has 0 aromatic heterocycles. The summed E-state index contributed by atoms with van der Waals surface area (Å²) in [6.07, 6.45) is 5.20. The standard InChI is InChI=1S/C17H27NO/c1-5-16(6-2)11-17(12-16,13-18-3)14-7-9-15(19-4)10-8-14/h7-10,18H,5-6,11-13H2,1-4H3. The lowest BCUT2D eigenvalue weighted by atomic mass is 9.48. The van der Waals surface area contributed by atoms with Crippen LogP contribution in [0.1, 0.15) is 45.1 Å². The third kappa shape index (κ3) is 2.51. The molecule has 0 bridgehead atoms. The summed E-state index contributed by atoms with van der Waals surface area (Å²) in [7, 11) is 3.78. The van der Waals surface area contributed by atoms with Gasteiger partial charge < -0.3 is 10.1 Å². The molecule has 2 rings (SSSR count). The van der Waals surface area contributed by atoms with Gasteiger partial charge in [-0.2, -0.15) is 0 Å². The van der Waals surface area contributed by atoms with Crippen molar-refractivity contribution in [2.24, 2.45) is 5.41 Å². The largest absolute Gasteiger partial charge is 0.497 e. The minimum absolute atomic E-state index is 0.326. The van der Waals surface area contributed by atoms with Gasteiger partial charge in [-0.1, -0.05) is 38.8 Å². The van der Waals surface area contributed by atoms with Crippen LogP contribution in [0.2, 0.25) is 0 Å². The molecule has 2 nitrogen and oxygen atoms in total. The van der Waals surface area contributed by atoms with E-state index in [-0.39, 0.29) is 0 Å². The van der Waals surface area contributed by atoms with Gasteiger partial charge in [0.25, 0.3) is 0 Å². The highest BCUT2D eigenvalue weighted by Crippen LogP contribution is 2.59. The van der Waals surface area contributed by atoms with Crippen molar-refractivity contribution in [3.05, 3.63) is 29.8 Å². The maximum Gasteiger partial charge on any atom is 0.118 e. The number of hydrogen-bond donors (Lipinski definition) is 1. The first-order chi connectivity index (χ1) is 9.13. The predicted molar refractivity (Wildman–Crippen MR) is 80.8 cm³/mol. The lowest BCUT2D eigenvalue weighted by Crippen LogP contribution is -2.53. The molecular weight excluding hydrogens is 234 g/mol. The van der Waals surface area contributed by atoms with E-state index in [1.807, 2.05) is 0 Å². The zero-order valence-corrected chi connectivity index (χ0v) is 12.8. The van der Waals surface area contributed by atoms with E-state index >= 15 is 0 Å². The number of benzene rings is 1. The average Bonchev–Trinajstić information content (AvgIpc) is 2.43. The molecule has 2 heteroatoms. The van der Waals surface area contributed by atoms with Crippen molar-refractivity contribution in [3.63, 3.8) is 0 Å². The Morgan fingerprint density at radius 2 is 1.68 bits per heavy atom. The highest BCUT2D eigenvalue weighted by atomic mass is 16.5. The summed E-state index contributed by atoms with van der Waals surface area (Å²) in [5, 5.41) is 3.39. The van der Waals surface area contributed by atoms with Gasteiger partial charge in [0.2, 0.25) is 0 Å². The van der Waals surface area contributed by atoms with Crippen molar-refractivity contribution in [2.75, 3.05) is 20.7 Å². The molecule has 0 aliphatic heterocycles. The maximum atomic E-state index is 5.26. The molecule has 1 aliphatic rings. The first-order valence-corrected chi connectivity index (χ1v) is 7.43. The first kappa shape index (κ1) is 14.4. The molecule has 0 spiro atoms. The zero-order chi connectivity index (χ0) is 13.9. The Morgan fingerprint density at radius 1 is 1.11 bits per heavy atom. The third-order valence-corrected chi connectivity index (χ3v) is 5.14. The van der Waals surface area contributed by atoms with Crippen LogP contribution >= 0.6 is 0 Å². The van der Waals surface area contributed by atoms with Crippen molar-refractivity contribution in [2.45, 2.75) is 44.9 Å². The summed E-state index contributed by atoms with van der Waals surface area (Å²) in [6, 6.07) is 8.66. The smallest absolute Gasteiger partial charge is 0.118 e. The second-order valence-electron chi connectivity index (χ2n) is 6.10. The van der Waals surface area contributed by atoms with E-state index < -0.39 is 0 Å². The van der Waals surface area contributed by atoms with Crippen LogP contribution in [0, 0.1) is 5.41 Å². The number of likely N-dealkylation sites (N-methyl/N-ethyl adjacent to an activating group) is 1. The van der Waals surface area contributed by atoms with Gasteiger partial charge >= 0.3 is 0 Å². The van der Waals surface area contributed by atoms with Crippen molar-refractivity contribution in [1.82, 2.24) is 5.32 Å². The molecular formula is C17H27NO. The molecule has 0 radical (unpaired) electrons. The fraction of sp³-hybridized carbons (Fsp3) is 0.647. The van der Waals surface area contributed by atoms with E-state index in [4.69, 9.17) is 4.74 Å². The quantitative estimate of drug-likeness (QED) is 0.842. The minimum atomic E-state index is 0.326. The van der Waals surface area contributed by atoms with Gasteiger partial charge in [-0.05, 0) is 43.0 Å². The van der Waals surface area contributed by atoms with Crippen LogP contribution < -0.4 is 10.1 Å². The Labute approximate surface area is 117 Å². The number of hydrogen-bond acceptors (Lipinski definition) is 2.